The van der Waals surface area contributed by atoms with Crippen LogP contribution in [0.4, 0.5) is 0 Å². The van der Waals surface area contributed by atoms with Crippen molar-refractivity contribution in [1.82, 2.24) is 10.2 Å². The van der Waals surface area contributed by atoms with Gasteiger partial charge in [-0.25, -0.2) is 0 Å². The van der Waals surface area contributed by atoms with Gasteiger partial charge in [0.05, 0.1) is 18.4 Å². The van der Waals surface area contributed by atoms with Crippen LogP contribution in [0.1, 0.15) is 6.92 Å². The zero-order chi connectivity index (χ0) is 13.0. The van der Waals surface area contributed by atoms with Gasteiger partial charge in [-0.15, -0.1) is 10.2 Å². The molecular weight excluding hydrogens is 252 g/mol. The molecule has 0 saturated carbocycles. The summed E-state index contributed by atoms with van der Waals surface area (Å²) < 4.78 is 10.7. The lowest BCUT2D eigenvalue weighted by Gasteiger charge is -2.03. The number of ether oxygens (including phenoxy) is 1. The van der Waals surface area contributed by atoms with Crippen LogP contribution in [0.15, 0.2) is 33.9 Å². The number of Topliss-reactive ketones (excluding diaryl/α,β-unsaturated/α-hetero) is 1. The van der Waals surface area contributed by atoms with Crippen molar-refractivity contribution in [2.75, 3.05) is 12.9 Å². The normalized spacial score (nSPS) is 10.3. The summed E-state index contributed by atoms with van der Waals surface area (Å²) in [6.45, 7) is 1.52. The van der Waals surface area contributed by atoms with Crippen molar-refractivity contribution in [3.8, 4) is 17.2 Å². The predicted molar refractivity (Wildman–Crippen MR) is 67.7 cm³/mol. The maximum absolute atomic E-state index is 10.9. The van der Waals surface area contributed by atoms with Crippen molar-refractivity contribution in [3.05, 3.63) is 24.3 Å². The molecule has 0 spiro atoms. The number of rotatable bonds is 5. The smallest absolute Gasteiger partial charge is 0.277 e. The number of aromatic nitrogens is 2. The SMILES string of the molecule is COc1ccccc1-c1nnc(SCC(C)=O)o1. The number of methoxy groups -OCH3 is 1. The molecule has 0 aliphatic rings. The second-order valence-electron chi connectivity index (χ2n) is 3.56. The van der Waals surface area contributed by atoms with Crippen LogP contribution < -0.4 is 4.74 Å². The molecular formula is C12H12N2O3S. The number of ketones is 1. The van der Waals surface area contributed by atoms with Crippen molar-refractivity contribution >= 4 is 17.5 Å². The van der Waals surface area contributed by atoms with E-state index in [0.717, 1.165) is 5.56 Å². The van der Waals surface area contributed by atoms with Crippen molar-refractivity contribution in [2.45, 2.75) is 12.1 Å². The second-order valence-corrected chi connectivity index (χ2v) is 4.49. The van der Waals surface area contributed by atoms with Gasteiger partial charge in [0.1, 0.15) is 11.5 Å². The van der Waals surface area contributed by atoms with Gasteiger partial charge in [0.2, 0.25) is 0 Å². The number of hydrogen-bond acceptors (Lipinski definition) is 6. The molecule has 0 bridgehead atoms. The van der Waals surface area contributed by atoms with E-state index in [-0.39, 0.29) is 5.78 Å². The average molecular weight is 264 g/mol. The van der Waals surface area contributed by atoms with E-state index < -0.39 is 0 Å². The summed E-state index contributed by atoms with van der Waals surface area (Å²) >= 11 is 1.23. The molecule has 2 aromatic rings. The van der Waals surface area contributed by atoms with Crippen molar-refractivity contribution in [3.63, 3.8) is 0 Å². The van der Waals surface area contributed by atoms with Crippen LogP contribution in [-0.4, -0.2) is 28.8 Å². The molecule has 0 saturated heterocycles. The summed E-state index contributed by atoms with van der Waals surface area (Å²) in [5, 5.41) is 8.20. The fourth-order valence-electron chi connectivity index (χ4n) is 1.36. The molecule has 1 heterocycles. The van der Waals surface area contributed by atoms with Crippen molar-refractivity contribution in [2.24, 2.45) is 0 Å². The number of hydrogen-bond donors (Lipinski definition) is 0. The van der Waals surface area contributed by atoms with E-state index in [4.69, 9.17) is 9.15 Å². The first-order chi connectivity index (χ1) is 8.70. The minimum atomic E-state index is 0.0667. The molecule has 6 heteroatoms. The third-order valence-corrected chi connectivity index (χ3v) is 3.11. The van der Waals surface area contributed by atoms with Gasteiger partial charge in [-0.05, 0) is 19.1 Å². The minimum absolute atomic E-state index is 0.0667. The Morgan fingerprint density at radius 2 is 2.17 bits per heavy atom. The summed E-state index contributed by atoms with van der Waals surface area (Å²) in [4.78, 5) is 10.9. The zero-order valence-corrected chi connectivity index (χ0v) is 10.9. The molecule has 0 N–H and O–H groups in total. The second kappa shape index (κ2) is 5.68. The molecule has 94 valence electrons. The molecule has 0 amide bonds. The Balaban J connectivity index is 2.21. The Kier molecular flexibility index (Phi) is 3.99. The first kappa shape index (κ1) is 12.6. The topological polar surface area (TPSA) is 65.2 Å². The quantitative estimate of drug-likeness (QED) is 0.773. The Hall–Kier alpha value is -1.82. The lowest BCUT2D eigenvalue weighted by atomic mass is 10.2. The van der Waals surface area contributed by atoms with Crippen molar-refractivity contribution < 1.29 is 13.9 Å². The monoisotopic (exact) mass is 264 g/mol. The van der Waals surface area contributed by atoms with Crippen LogP contribution in [0.3, 0.4) is 0 Å². The molecule has 1 aromatic carbocycles. The maximum Gasteiger partial charge on any atom is 0.277 e. The van der Waals surface area contributed by atoms with Crippen LogP contribution in [0.2, 0.25) is 0 Å². The highest BCUT2D eigenvalue weighted by Gasteiger charge is 2.13. The van der Waals surface area contributed by atoms with Gasteiger partial charge in [0.25, 0.3) is 11.1 Å². The third kappa shape index (κ3) is 2.89. The number of carbonyl (C=O) groups is 1. The van der Waals surface area contributed by atoms with Gasteiger partial charge in [0.15, 0.2) is 0 Å². The summed E-state index contributed by atoms with van der Waals surface area (Å²) in [6, 6.07) is 7.39. The highest BCUT2D eigenvalue weighted by Crippen LogP contribution is 2.30. The molecule has 0 radical (unpaired) electrons. The summed E-state index contributed by atoms with van der Waals surface area (Å²) in [5.41, 5.74) is 0.738. The Bertz CT molecular complexity index is 554. The summed E-state index contributed by atoms with van der Waals surface area (Å²) in [7, 11) is 1.58. The van der Waals surface area contributed by atoms with Crippen molar-refractivity contribution in [1.29, 1.82) is 0 Å². The Morgan fingerprint density at radius 3 is 2.89 bits per heavy atom. The summed E-state index contributed by atoms with van der Waals surface area (Å²) in [6.07, 6.45) is 0. The van der Waals surface area contributed by atoms with Crippen LogP contribution in [-0.2, 0) is 4.79 Å². The van der Waals surface area contributed by atoms with Crippen LogP contribution >= 0.6 is 11.8 Å². The Labute approximate surface area is 109 Å². The van der Waals surface area contributed by atoms with Crippen LogP contribution in [0.25, 0.3) is 11.5 Å². The number of thioether (sulfide) groups is 1. The van der Waals surface area contributed by atoms with Gasteiger partial charge >= 0.3 is 0 Å². The first-order valence-electron chi connectivity index (χ1n) is 5.30. The van der Waals surface area contributed by atoms with E-state index in [1.54, 1.807) is 7.11 Å². The minimum Gasteiger partial charge on any atom is -0.496 e. The number of carbonyl (C=O) groups excluding carboxylic acids is 1. The highest BCUT2D eigenvalue weighted by atomic mass is 32.2. The molecule has 0 unspecified atom stereocenters. The Morgan fingerprint density at radius 1 is 1.39 bits per heavy atom. The fourth-order valence-corrected chi connectivity index (χ4v) is 1.92. The maximum atomic E-state index is 10.9. The number of nitrogens with zero attached hydrogens (tertiary/aromatic N) is 2. The van der Waals surface area contributed by atoms with Gasteiger partial charge < -0.3 is 9.15 Å². The van der Waals surface area contributed by atoms with E-state index in [9.17, 15) is 4.79 Å². The largest absolute Gasteiger partial charge is 0.496 e. The lowest BCUT2D eigenvalue weighted by molar-refractivity contribution is -0.114. The molecule has 18 heavy (non-hydrogen) atoms. The highest BCUT2D eigenvalue weighted by molar-refractivity contribution is 7.99. The van der Waals surface area contributed by atoms with E-state index >= 15 is 0 Å². The molecule has 1 aromatic heterocycles. The molecule has 2 rings (SSSR count). The summed E-state index contributed by atoms with van der Waals surface area (Å²) in [5.74, 6) is 1.45. The lowest BCUT2D eigenvalue weighted by Crippen LogP contribution is -1.92. The van der Waals surface area contributed by atoms with Gasteiger partial charge in [-0.1, -0.05) is 23.9 Å². The fraction of sp³-hybridized carbons (Fsp3) is 0.250. The van der Waals surface area contributed by atoms with Gasteiger partial charge in [-0.2, -0.15) is 0 Å². The predicted octanol–water partition coefficient (Wildman–Crippen LogP) is 2.43. The average Bonchev–Trinajstić information content (AvgIpc) is 2.85. The van der Waals surface area contributed by atoms with Gasteiger partial charge in [0, 0.05) is 0 Å². The molecule has 0 aliphatic carbocycles. The molecule has 0 aliphatic heterocycles. The zero-order valence-electron chi connectivity index (χ0n) is 10.0. The van der Waals surface area contributed by atoms with Gasteiger partial charge in [-0.3, -0.25) is 4.79 Å². The van der Waals surface area contributed by atoms with E-state index in [2.05, 4.69) is 10.2 Å². The van der Waals surface area contributed by atoms with Crippen LogP contribution in [0.5, 0.6) is 5.75 Å². The number of benzene rings is 1. The van der Waals surface area contributed by atoms with E-state index in [0.29, 0.717) is 22.6 Å². The molecule has 0 fully saturated rings. The molecule has 0 atom stereocenters. The van der Waals surface area contributed by atoms with E-state index in [1.165, 1.54) is 18.7 Å². The molecule has 5 nitrogen and oxygen atoms in total. The number of para-hydroxylation sites is 1. The third-order valence-electron chi connectivity index (χ3n) is 2.14. The van der Waals surface area contributed by atoms with E-state index in [1.807, 2.05) is 24.3 Å². The first-order valence-corrected chi connectivity index (χ1v) is 6.28. The standard InChI is InChI=1S/C12H12N2O3S/c1-8(15)7-18-12-14-13-11(17-12)9-5-3-4-6-10(9)16-2/h3-6H,7H2,1-2H3. The van der Waals surface area contributed by atoms with Crippen LogP contribution in [0, 0.1) is 0 Å².